The van der Waals surface area contributed by atoms with Gasteiger partial charge in [-0.2, -0.15) is 0 Å². The normalized spacial score (nSPS) is 19.8. The van der Waals surface area contributed by atoms with E-state index < -0.39 is 4.92 Å². The fraction of sp³-hybridized carbons (Fsp3) is 0.429. The van der Waals surface area contributed by atoms with E-state index in [0.29, 0.717) is 12.4 Å². The Morgan fingerprint density at radius 3 is 3.15 bits per heavy atom. The first kappa shape index (κ1) is 9.85. The monoisotopic (exact) mass is 203 g/mol. The van der Waals surface area contributed by atoms with E-state index in [0.717, 1.165) is 19.3 Å². The van der Waals surface area contributed by atoms with Crippen LogP contribution in [0.15, 0.2) is 23.6 Å². The lowest BCUT2D eigenvalue weighted by Gasteiger charge is -2.13. The lowest BCUT2D eigenvalue weighted by molar-refractivity contribution is -0.404. The summed E-state index contributed by atoms with van der Waals surface area (Å²) >= 11 is 5.35. The van der Waals surface area contributed by atoms with Crippen molar-refractivity contribution in [2.24, 2.45) is 0 Å². The zero-order chi connectivity index (χ0) is 9.68. The Kier molecular flexibility index (Phi) is 3.57. The van der Waals surface area contributed by atoms with Gasteiger partial charge in [0.15, 0.2) is 5.82 Å². The molecule has 0 bridgehead atoms. The highest BCUT2D eigenvalue weighted by Gasteiger charge is 2.17. The van der Waals surface area contributed by atoms with Crippen LogP contribution in [0, 0.1) is 10.1 Å². The third kappa shape index (κ3) is 2.95. The molecule has 1 saturated heterocycles. The van der Waals surface area contributed by atoms with Crippen LogP contribution in [0.4, 0.5) is 0 Å². The molecule has 0 aromatic carbocycles. The Bertz CT molecular complexity index is 252. The topological polar surface area (TPSA) is 58.4 Å². The quantitative estimate of drug-likeness (QED) is 0.543. The zero-order valence-corrected chi connectivity index (χ0v) is 7.70. The highest BCUT2D eigenvalue weighted by molar-refractivity contribution is 6.25. The number of rotatable bonds is 3. The van der Waals surface area contributed by atoms with E-state index in [2.05, 4.69) is 5.32 Å². The molecule has 0 unspecified atom stereocenters. The standard InChI is InChI=1S/C7H10ClN3O2/c8-2-1-4-10-5-3-9-7(10)6-11(12)13/h1-2,6,9H,3-5H2/b2-1+,7-6+. The number of nitro groups is 1. The summed E-state index contributed by atoms with van der Waals surface area (Å²) in [6.45, 7) is 2.09. The average Bonchev–Trinajstić information content (AvgIpc) is 2.48. The number of hydrogen-bond donors (Lipinski definition) is 1. The predicted octanol–water partition coefficient (Wildman–Crippen LogP) is 0.720. The van der Waals surface area contributed by atoms with Crippen molar-refractivity contribution in [3.05, 3.63) is 33.7 Å². The fourth-order valence-electron chi connectivity index (χ4n) is 1.14. The molecule has 1 heterocycles. The van der Waals surface area contributed by atoms with Crippen LogP contribution < -0.4 is 5.32 Å². The molecule has 0 spiro atoms. The molecule has 0 aromatic rings. The summed E-state index contributed by atoms with van der Waals surface area (Å²) in [5, 5.41) is 13.1. The molecule has 0 radical (unpaired) electrons. The molecule has 1 aliphatic heterocycles. The van der Waals surface area contributed by atoms with Gasteiger partial charge in [-0.15, -0.1) is 0 Å². The minimum Gasteiger partial charge on any atom is -0.365 e. The summed E-state index contributed by atoms with van der Waals surface area (Å²) < 4.78 is 0. The summed E-state index contributed by atoms with van der Waals surface area (Å²) in [5.74, 6) is 0.541. The fourth-order valence-corrected chi connectivity index (χ4v) is 1.21. The zero-order valence-electron chi connectivity index (χ0n) is 6.94. The van der Waals surface area contributed by atoms with E-state index in [9.17, 15) is 10.1 Å². The molecular weight excluding hydrogens is 194 g/mol. The van der Waals surface area contributed by atoms with Crippen LogP contribution in [-0.4, -0.2) is 29.5 Å². The first-order chi connectivity index (χ1) is 6.24. The summed E-state index contributed by atoms with van der Waals surface area (Å²) in [6.07, 6.45) is 2.71. The molecular formula is C7H10ClN3O2. The maximum Gasteiger partial charge on any atom is 0.274 e. The van der Waals surface area contributed by atoms with Crippen molar-refractivity contribution in [1.29, 1.82) is 0 Å². The Morgan fingerprint density at radius 2 is 2.54 bits per heavy atom. The van der Waals surface area contributed by atoms with E-state index >= 15 is 0 Å². The van der Waals surface area contributed by atoms with Crippen LogP contribution in [0.3, 0.4) is 0 Å². The average molecular weight is 204 g/mol. The van der Waals surface area contributed by atoms with E-state index in [1.165, 1.54) is 5.54 Å². The number of halogens is 1. The van der Waals surface area contributed by atoms with Gasteiger partial charge in [0.25, 0.3) is 6.20 Å². The van der Waals surface area contributed by atoms with Crippen LogP contribution in [0.25, 0.3) is 0 Å². The van der Waals surface area contributed by atoms with E-state index in [-0.39, 0.29) is 0 Å². The van der Waals surface area contributed by atoms with Crippen molar-refractivity contribution in [1.82, 2.24) is 10.2 Å². The van der Waals surface area contributed by atoms with Crippen LogP contribution in [0.5, 0.6) is 0 Å². The predicted molar refractivity (Wildman–Crippen MR) is 49.6 cm³/mol. The molecule has 1 N–H and O–H groups in total. The van der Waals surface area contributed by atoms with E-state index in [4.69, 9.17) is 11.6 Å². The van der Waals surface area contributed by atoms with Crippen molar-refractivity contribution in [2.75, 3.05) is 19.6 Å². The molecule has 1 fully saturated rings. The minimum atomic E-state index is -0.467. The Labute approximate surface area is 80.8 Å². The summed E-state index contributed by atoms with van der Waals surface area (Å²) in [6, 6.07) is 0. The second-order valence-electron chi connectivity index (χ2n) is 2.53. The van der Waals surface area contributed by atoms with Gasteiger partial charge < -0.3 is 10.2 Å². The third-order valence-corrected chi connectivity index (χ3v) is 1.85. The van der Waals surface area contributed by atoms with Crippen molar-refractivity contribution >= 4 is 11.6 Å². The van der Waals surface area contributed by atoms with Crippen LogP contribution in [-0.2, 0) is 0 Å². The molecule has 6 heteroatoms. The van der Waals surface area contributed by atoms with Crippen LogP contribution in [0.2, 0.25) is 0 Å². The van der Waals surface area contributed by atoms with Crippen molar-refractivity contribution < 1.29 is 4.92 Å². The Morgan fingerprint density at radius 1 is 1.77 bits per heavy atom. The van der Waals surface area contributed by atoms with Crippen LogP contribution in [0.1, 0.15) is 0 Å². The lowest BCUT2D eigenvalue weighted by Crippen LogP contribution is -2.20. The SMILES string of the molecule is O=[N+]([O-])/C=C1\NCCN1C/C=C/Cl. The largest absolute Gasteiger partial charge is 0.365 e. The van der Waals surface area contributed by atoms with Gasteiger partial charge in [0.05, 0.1) is 4.92 Å². The maximum atomic E-state index is 10.2. The molecule has 1 aliphatic rings. The lowest BCUT2D eigenvalue weighted by atomic mass is 10.5. The first-order valence-electron chi connectivity index (χ1n) is 3.83. The van der Waals surface area contributed by atoms with Gasteiger partial charge in [-0.25, -0.2) is 0 Å². The smallest absolute Gasteiger partial charge is 0.274 e. The summed E-state index contributed by atoms with van der Waals surface area (Å²) in [7, 11) is 0. The number of nitrogens with zero attached hydrogens (tertiary/aromatic N) is 2. The van der Waals surface area contributed by atoms with Gasteiger partial charge in [-0.1, -0.05) is 17.7 Å². The van der Waals surface area contributed by atoms with Crippen LogP contribution >= 0.6 is 11.6 Å². The maximum absolute atomic E-state index is 10.2. The molecule has 13 heavy (non-hydrogen) atoms. The molecule has 72 valence electrons. The minimum absolute atomic E-state index is 0.467. The molecule has 1 rings (SSSR count). The van der Waals surface area contributed by atoms with Gasteiger partial charge in [-0.05, 0) is 0 Å². The number of hydrogen-bond acceptors (Lipinski definition) is 4. The molecule has 0 saturated carbocycles. The van der Waals surface area contributed by atoms with Gasteiger partial charge in [0, 0.05) is 25.2 Å². The van der Waals surface area contributed by atoms with E-state index in [1.807, 2.05) is 4.90 Å². The second kappa shape index (κ2) is 4.71. The summed E-state index contributed by atoms with van der Waals surface area (Å²) in [4.78, 5) is 11.6. The molecule has 5 nitrogen and oxygen atoms in total. The van der Waals surface area contributed by atoms with Gasteiger partial charge >= 0.3 is 0 Å². The second-order valence-corrected chi connectivity index (χ2v) is 2.79. The Hall–Kier alpha value is -1.23. The highest BCUT2D eigenvalue weighted by atomic mass is 35.5. The van der Waals surface area contributed by atoms with Gasteiger partial charge in [-0.3, -0.25) is 10.1 Å². The van der Waals surface area contributed by atoms with Crippen molar-refractivity contribution in [2.45, 2.75) is 0 Å². The van der Waals surface area contributed by atoms with E-state index in [1.54, 1.807) is 6.08 Å². The molecule has 0 atom stereocenters. The van der Waals surface area contributed by atoms with Gasteiger partial charge in [0.2, 0.25) is 0 Å². The first-order valence-corrected chi connectivity index (χ1v) is 4.27. The van der Waals surface area contributed by atoms with Crippen molar-refractivity contribution in [3.8, 4) is 0 Å². The number of nitrogens with one attached hydrogen (secondary N) is 1. The molecule has 0 aromatic heterocycles. The van der Waals surface area contributed by atoms with Crippen molar-refractivity contribution in [3.63, 3.8) is 0 Å². The molecule has 0 aliphatic carbocycles. The third-order valence-electron chi connectivity index (χ3n) is 1.67. The summed E-state index contributed by atoms with van der Waals surface area (Å²) in [5.41, 5.74) is 1.40. The molecule has 0 amide bonds. The Balaban J connectivity index is 2.58. The highest BCUT2D eigenvalue weighted by Crippen LogP contribution is 2.06. The van der Waals surface area contributed by atoms with Gasteiger partial charge in [0.1, 0.15) is 0 Å².